The molecule has 12 rings (SSSR count). The molecule has 1 nitrogen and oxygen atoms in total. The van der Waals surface area contributed by atoms with Gasteiger partial charge >= 0.3 is 0 Å². The highest BCUT2D eigenvalue weighted by atomic mass is 16.3. The highest BCUT2D eigenvalue weighted by Crippen LogP contribution is 2.48. The van der Waals surface area contributed by atoms with Crippen LogP contribution in [0.2, 0.25) is 0 Å². The van der Waals surface area contributed by atoms with Gasteiger partial charge in [0.25, 0.3) is 0 Å². The first kappa shape index (κ1) is 30.3. The van der Waals surface area contributed by atoms with Crippen LogP contribution in [0.5, 0.6) is 0 Å². The van der Waals surface area contributed by atoms with Gasteiger partial charge in [0.1, 0.15) is 11.2 Å². The molecule has 55 heavy (non-hydrogen) atoms. The summed E-state index contributed by atoms with van der Waals surface area (Å²) < 4.78 is 6.68. The van der Waals surface area contributed by atoms with Crippen molar-refractivity contribution in [3.8, 4) is 33.4 Å². The molecule has 0 unspecified atom stereocenters. The third-order valence-corrected chi connectivity index (χ3v) is 11.8. The van der Waals surface area contributed by atoms with Crippen LogP contribution < -0.4 is 0 Å². The van der Waals surface area contributed by atoms with Crippen molar-refractivity contribution < 1.29 is 4.42 Å². The zero-order valence-electron chi connectivity index (χ0n) is 29.9. The van der Waals surface area contributed by atoms with Gasteiger partial charge < -0.3 is 4.42 Å². The summed E-state index contributed by atoms with van der Waals surface area (Å²) in [4.78, 5) is 0. The van der Waals surface area contributed by atoms with Gasteiger partial charge in [0.15, 0.2) is 0 Å². The summed E-state index contributed by atoms with van der Waals surface area (Å²) in [5.41, 5.74) is 9.31. The fraction of sp³-hybridized carbons (Fsp3) is 0. The standard InChI is InChI=1S/C54H32O/c1-2-16-35-33(14-1)15-13-27-41(35)51-43-22-8-10-24-45(43)52(46-25-11-9-23-44(46)51)47-30-29-36(37-17-3-4-18-38(37)47)34-28-31-50-49(32-34)53-42-21-7-5-19-39(42)40-20-6-12-26-48(40)54(53)55-50/h1-32H. The molecule has 1 aromatic heterocycles. The van der Waals surface area contributed by atoms with E-state index in [1.54, 1.807) is 0 Å². The normalized spacial score (nSPS) is 12.0. The molecule has 1 heterocycles. The average molecular weight is 697 g/mol. The van der Waals surface area contributed by atoms with Crippen molar-refractivity contribution in [2.24, 2.45) is 0 Å². The molecule has 0 fully saturated rings. The van der Waals surface area contributed by atoms with E-state index in [9.17, 15) is 0 Å². The van der Waals surface area contributed by atoms with E-state index in [-0.39, 0.29) is 0 Å². The van der Waals surface area contributed by atoms with Gasteiger partial charge in [-0.05, 0) is 105 Å². The minimum Gasteiger partial charge on any atom is -0.455 e. The molecule has 0 saturated carbocycles. The van der Waals surface area contributed by atoms with Crippen LogP contribution in [0.3, 0.4) is 0 Å². The Balaban J connectivity index is 1.12. The molecule has 11 aromatic carbocycles. The Kier molecular flexibility index (Phi) is 6.40. The second-order valence-corrected chi connectivity index (χ2v) is 14.7. The molecule has 0 amide bonds. The van der Waals surface area contributed by atoms with Gasteiger partial charge in [-0.3, -0.25) is 0 Å². The van der Waals surface area contributed by atoms with Crippen LogP contribution in [0.1, 0.15) is 0 Å². The van der Waals surface area contributed by atoms with E-state index < -0.39 is 0 Å². The lowest BCUT2D eigenvalue weighted by atomic mass is 9.83. The van der Waals surface area contributed by atoms with E-state index in [0.717, 1.165) is 21.9 Å². The first-order valence-electron chi connectivity index (χ1n) is 19.0. The SMILES string of the molecule is c1ccc2c(-c3c4ccccc4c(-c4ccc(-c5ccc6oc7c8ccccc8c8ccccc8c7c6c5)c5ccccc45)c4ccccc34)cccc2c1. The predicted molar refractivity (Wildman–Crippen MR) is 235 cm³/mol. The lowest BCUT2D eigenvalue weighted by Crippen LogP contribution is -1.93. The molecule has 0 atom stereocenters. The number of fused-ring (bicyclic) bond motifs is 12. The molecule has 12 aromatic rings. The Morgan fingerprint density at radius 2 is 0.727 bits per heavy atom. The first-order chi connectivity index (χ1) is 27.3. The van der Waals surface area contributed by atoms with Gasteiger partial charge in [-0.2, -0.15) is 0 Å². The second-order valence-electron chi connectivity index (χ2n) is 14.7. The Hall–Kier alpha value is -7.22. The summed E-state index contributed by atoms with van der Waals surface area (Å²) in [5, 5.41) is 17.2. The van der Waals surface area contributed by atoms with Crippen LogP contribution in [0, 0.1) is 0 Å². The number of hydrogen-bond acceptors (Lipinski definition) is 1. The fourth-order valence-corrected chi connectivity index (χ4v) is 9.50. The van der Waals surface area contributed by atoms with Crippen molar-refractivity contribution in [2.45, 2.75) is 0 Å². The minimum absolute atomic E-state index is 0.908. The van der Waals surface area contributed by atoms with Crippen molar-refractivity contribution in [3.05, 3.63) is 194 Å². The van der Waals surface area contributed by atoms with E-state index in [1.807, 2.05) is 0 Å². The van der Waals surface area contributed by atoms with E-state index in [4.69, 9.17) is 4.42 Å². The maximum absolute atomic E-state index is 6.68. The van der Waals surface area contributed by atoms with Crippen LogP contribution in [0.15, 0.2) is 199 Å². The zero-order valence-corrected chi connectivity index (χ0v) is 29.9. The van der Waals surface area contributed by atoms with Crippen LogP contribution in [0.25, 0.3) is 120 Å². The third kappa shape index (κ3) is 4.35. The summed E-state index contributed by atoms with van der Waals surface area (Å²) in [6.45, 7) is 0. The topological polar surface area (TPSA) is 13.1 Å². The Bertz CT molecular complexity index is 3490. The molecule has 0 bridgehead atoms. The van der Waals surface area contributed by atoms with Crippen molar-refractivity contribution in [3.63, 3.8) is 0 Å². The monoisotopic (exact) mass is 696 g/mol. The van der Waals surface area contributed by atoms with Crippen LogP contribution in [-0.2, 0) is 0 Å². The third-order valence-electron chi connectivity index (χ3n) is 11.8. The van der Waals surface area contributed by atoms with Crippen molar-refractivity contribution in [1.82, 2.24) is 0 Å². The molecule has 0 N–H and O–H groups in total. The zero-order chi connectivity index (χ0) is 36.0. The second kappa shape index (κ2) is 11.6. The number of hydrogen-bond donors (Lipinski definition) is 0. The Morgan fingerprint density at radius 3 is 1.38 bits per heavy atom. The van der Waals surface area contributed by atoms with Crippen molar-refractivity contribution in [2.75, 3.05) is 0 Å². The Labute approximate surface area is 317 Å². The molecule has 0 saturated heterocycles. The van der Waals surface area contributed by atoms with Gasteiger partial charge in [-0.25, -0.2) is 0 Å². The maximum atomic E-state index is 6.68. The fourth-order valence-electron chi connectivity index (χ4n) is 9.50. The molecular weight excluding hydrogens is 665 g/mol. The lowest BCUT2D eigenvalue weighted by Gasteiger charge is -2.20. The minimum atomic E-state index is 0.908. The van der Waals surface area contributed by atoms with Gasteiger partial charge in [0.05, 0.1) is 0 Å². The van der Waals surface area contributed by atoms with Crippen LogP contribution in [0.4, 0.5) is 0 Å². The Morgan fingerprint density at radius 1 is 0.273 bits per heavy atom. The summed E-state index contributed by atoms with van der Waals surface area (Å²) in [7, 11) is 0. The summed E-state index contributed by atoms with van der Waals surface area (Å²) in [5.74, 6) is 0. The molecular formula is C54H32O. The number of benzene rings is 11. The first-order valence-corrected chi connectivity index (χ1v) is 19.0. The smallest absolute Gasteiger partial charge is 0.143 e. The highest BCUT2D eigenvalue weighted by molar-refractivity contribution is 6.31. The van der Waals surface area contributed by atoms with E-state index in [2.05, 4.69) is 194 Å². The van der Waals surface area contributed by atoms with E-state index >= 15 is 0 Å². The van der Waals surface area contributed by atoms with Gasteiger partial charge in [0.2, 0.25) is 0 Å². The molecule has 0 aliphatic heterocycles. The van der Waals surface area contributed by atoms with Gasteiger partial charge in [0, 0.05) is 16.2 Å². The largest absolute Gasteiger partial charge is 0.455 e. The van der Waals surface area contributed by atoms with Gasteiger partial charge in [-0.15, -0.1) is 0 Å². The summed E-state index contributed by atoms with van der Waals surface area (Å²) in [6.07, 6.45) is 0. The molecule has 0 aliphatic rings. The number of rotatable bonds is 3. The van der Waals surface area contributed by atoms with Crippen LogP contribution in [-0.4, -0.2) is 0 Å². The van der Waals surface area contributed by atoms with Crippen LogP contribution >= 0.6 is 0 Å². The van der Waals surface area contributed by atoms with E-state index in [1.165, 1.54) is 98.0 Å². The maximum Gasteiger partial charge on any atom is 0.143 e. The predicted octanol–water partition coefficient (Wildman–Crippen LogP) is 15.5. The average Bonchev–Trinajstić information content (AvgIpc) is 3.65. The lowest BCUT2D eigenvalue weighted by molar-refractivity contribution is 0.673. The molecule has 254 valence electrons. The van der Waals surface area contributed by atoms with E-state index in [0.29, 0.717) is 0 Å². The highest BCUT2D eigenvalue weighted by Gasteiger charge is 2.21. The quantitative estimate of drug-likeness (QED) is 0.132. The molecule has 0 spiro atoms. The van der Waals surface area contributed by atoms with Gasteiger partial charge in [-0.1, -0.05) is 182 Å². The molecule has 1 heteroatoms. The molecule has 0 aliphatic carbocycles. The summed E-state index contributed by atoms with van der Waals surface area (Å²) >= 11 is 0. The number of furan rings is 1. The summed E-state index contributed by atoms with van der Waals surface area (Å²) in [6, 6.07) is 71.0. The van der Waals surface area contributed by atoms with Crippen molar-refractivity contribution in [1.29, 1.82) is 0 Å². The van der Waals surface area contributed by atoms with Crippen molar-refractivity contribution >= 4 is 86.6 Å². The molecule has 0 radical (unpaired) electrons.